The molecule has 10 aromatic rings. The average Bonchev–Trinajstić information content (AvgIpc) is 3.86. The number of benzene rings is 7. The van der Waals surface area contributed by atoms with E-state index in [0.29, 0.717) is 0 Å². The third kappa shape index (κ3) is 7.94. The quantitative estimate of drug-likeness (QED) is 0.118. The summed E-state index contributed by atoms with van der Waals surface area (Å²) in [7, 11) is -1.50. The van der Waals surface area contributed by atoms with E-state index in [2.05, 4.69) is 157 Å². The van der Waals surface area contributed by atoms with Crippen molar-refractivity contribution in [3.8, 4) is 50.6 Å². The number of hydrogen-bond donors (Lipinski definition) is 0. The van der Waals surface area contributed by atoms with Crippen molar-refractivity contribution in [3.63, 3.8) is 0 Å². The number of rotatable bonds is 7. The van der Waals surface area contributed by atoms with E-state index in [1.54, 1.807) is 0 Å². The summed E-state index contributed by atoms with van der Waals surface area (Å²) in [5.41, 5.74) is 13.1. The summed E-state index contributed by atoms with van der Waals surface area (Å²) in [6.45, 7) is 10.8. The third-order valence-corrected chi connectivity index (χ3v) is 12.8. The van der Waals surface area contributed by atoms with Crippen molar-refractivity contribution in [2.24, 2.45) is 0 Å². The van der Waals surface area contributed by atoms with E-state index in [4.69, 9.17) is 10.8 Å². The van der Waals surface area contributed by atoms with E-state index >= 15 is 0 Å². The molecular weight excluding hydrogens is 927 g/mol. The number of aromatic nitrogens is 3. The first-order valence-corrected chi connectivity index (χ1v) is 23.6. The molecule has 0 aliphatic carbocycles. The molecule has 0 unspecified atom stereocenters. The molecule has 0 saturated carbocycles. The SMILES string of the molecule is [2H]C(C)(C)c1cc(-c2[c-]cccc2)ncc1[Si](C)(C)C.[Ir].[c-]1ccc2c(oc3ccccc32)c1-c1nc2ccccc2n1-c1ccc(-c2ccccc2)cc1-c1ccccc1. The van der Waals surface area contributed by atoms with Crippen molar-refractivity contribution in [2.45, 2.75) is 39.4 Å². The van der Waals surface area contributed by atoms with Gasteiger partial charge in [0.15, 0.2) is 0 Å². The topological polar surface area (TPSA) is 43.9 Å². The summed E-state index contributed by atoms with van der Waals surface area (Å²) in [4.78, 5) is 9.78. The fourth-order valence-corrected chi connectivity index (χ4v) is 9.43. The van der Waals surface area contributed by atoms with Gasteiger partial charge < -0.3 is 14.0 Å². The second-order valence-corrected chi connectivity index (χ2v) is 21.1. The van der Waals surface area contributed by atoms with Crippen molar-refractivity contribution in [2.75, 3.05) is 0 Å². The van der Waals surface area contributed by atoms with Crippen LogP contribution in [0.4, 0.5) is 0 Å². The molecule has 0 spiro atoms. The van der Waals surface area contributed by atoms with Crippen molar-refractivity contribution in [3.05, 3.63) is 194 Å². The Hall–Kier alpha value is -6.17. The molecule has 0 bridgehead atoms. The van der Waals surface area contributed by atoms with E-state index in [1.807, 2.05) is 74.6 Å². The number of pyridine rings is 1. The maximum Gasteiger partial charge on any atom is 0.120 e. The minimum atomic E-state index is -1.50. The second kappa shape index (κ2) is 17.2. The summed E-state index contributed by atoms with van der Waals surface area (Å²) in [6.07, 6.45) is 1.98. The van der Waals surface area contributed by atoms with Gasteiger partial charge in [-0.3, -0.25) is 4.98 Å². The van der Waals surface area contributed by atoms with Crippen LogP contribution in [0.15, 0.2) is 180 Å². The minimum absolute atomic E-state index is 0. The number of nitrogens with zero attached hydrogens (tertiary/aromatic N) is 3. The van der Waals surface area contributed by atoms with Gasteiger partial charge in [-0.15, -0.1) is 54.1 Å². The molecule has 0 fully saturated rings. The fraction of sp³-hybridized carbons (Fsp3) is 0.111. The van der Waals surface area contributed by atoms with Crippen molar-refractivity contribution < 1.29 is 25.9 Å². The molecule has 3 heterocycles. The van der Waals surface area contributed by atoms with Gasteiger partial charge in [-0.1, -0.05) is 153 Å². The first-order chi connectivity index (χ1) is 29.0. The Morgan fingerprint density at radius 1 is 0.667 bits per heavy atom. The molecule has 10 rings (SSSR count). The van der Waals surface area contributed by atoms with E-state index in [-0.39, 0.29) is 20.1 Å². The van der Waals surface area contributed by atoms with E-state index < -0.39 is 14.0 Å². The van der Waals surface area contributed by atoms with Crippen LogP contribution >= 0.6 is 0 Å². The largest absolute Gasteiger partial charge is 0.501 e. The van der Waals surface area contributed by atoms with Crippen LogP contribution in [0.2, 0.25) is 19.6 Å². The number of furan rings is 1. The monoisotopic (exact) mass is 973 g/mol. The first-order valence-electron chi connectivity index (χ1n) is 20.6. The zero-order chi connectivity index (χ0) is 41.4. The van der Waals surface area contributed by atoms with Crippen LogP contribution in [-0.4, -0.2) is 22.6 Å². The summed E-state index contributed by atoms with van der Waals surface area (Å²) in [5, 5.41) is 3.43. The van der Waals surface area contributed by atoms with Crippen molar-refractivity contribution in [1.82, 2.24) is 14.5 Å². The zero-order valence-electron chi connectivity index (χ0n) is 35.3. The summed E-state index contributed by atoms with van der Waals surface area (Å²) < 4.78 is 17.1. The van der Waals surface area contributed by atoms with Gasteiger partial charge in [0.2, 0.25) is 0 Å². The van der Waals surface area contributed by atoms with Gasteiger partial charge in [0.05, 0.1) is 30.5 Å². The van der Waals surface area contributed by atoms with Crippen LogP contribution in [-0.2, 0) is 20.1 Å². The van der Waals surface area contributed by atoms with E-state index in [0.717, 1.165) is 78.0 Å². The molecule has 0 amide bonds. The number of fused-ring (bicyclic) bond motifs is 4. The Bertz CT molecular complexity index is 3110. The third-order valence-electron chi connectivity index (χ3n) is 10.8. The smallest absolute Gasteiger partial charge is 0.120 e. The summed E-state index contributed by atoms with van der Waals surface area (Å²) in [5.74, 6) is 0.192. The van der Waals surface area contributed by atoms with Gasteiger partial charge in [0, 0.05) is 44.3 Å². The summed E-state index contributed by atoms with van der Waals surface area (Å²) in [6, 6.07) is 64.9. The van der Waals surface area contributed by atoms with Gasteiger partial charge in [0.25, 0.3) is 0 Å². The first kappa shape index (κ1) is 39.3. The molecule has 1 radical (unpaired) electrons. The number of para-hydroxylation sites is 3. The Labute approximate surface area is 368 Å². The molecule has 0 atom stereocenters. The predicted octanol–water partition coefficient (Wildman–Crippen LogP) is 13.9. The molecule has 3 aromatic heterocycles. The predicted molar refractivity (Wildman–Crippen MR) is 249 cm³/mol. The van der Waals surface area contributed by atoms with Crippen LogP contribution in [0.3, 0.4) is 0 Å². The molecule has 6 heteroatoms. The van der Waals surface area contributed by atoms with Crippen LogP contribution < -0.4 is 5.19 Å². The molecule has 60 heavy (non-hydrogen) atoms. The fourth-order valence-electron chi connectivity index (χ4n) is 7.85. The maximum absolute atomic E-state index is 8.44. The number of hydrogen-bond acceptors (Lipinski definition) is 3. The van der Waals surface area contributed by atoms with Crippen LogP contribution in [0.1, 0.15) is 26.7 Å². The normalized spacial score (nSPS) is 11.8. The van der Waals surface area contributed by atoms with E-state index in [1.165, 1.54) is 16.3 Å². The standard InChI is InChI=1S/C37H23N2O.C17H22NSi.Ir/c1-3-12-25(13-4-1)27-22-23-33(31(24-27)26-14-5-2-6-15-26)39-34-20-9-8-19-32(34)38-37(39)30-18-11-17-29-28-16-7-10-21-35(28)40-36(29)30;1-13(2)15-11-16(14-9-7-6-8-10-14)18-12-17(15)19(3,4)5;/h1-17,19-24H;6-9,11-13H,1-5H3;/q2*-1;/i;13D;. The van der Waals surface area contributed by atoms with Crippen molar-refractivity contribution in [1.29, 1.82) is 0 Å². The molecule has 297 valence electrons. The Balaban J connectivity index is 0.000000208. The minimum Gasteiger partial charge on any atom is -0.501 e. The second-order valence-electron chi connectivity index (χ2n) is 16.1. The molecule has 0 aliphatic heterocycles. The van der Waals surface area contributed by atoms with Crippen molar-refractivity contribution >= 4 is 46.2 Å². The Kier molecular flexibility index (Phi) is 11.3. The molecular formula is C54H45IrN3OSi-2. The van der Waals surface area contributed by atoms with Crippen LogP contribution in [0.5, 0.6) is 0 Å². The zero-order valence-corrected chi connectivity index (χ0v) is 37.7. The number of imidazole rings is 1. The molecule has 4 nitrogen and oxygen atoms in total. The van der Waals surface area contributed by atoms with Crippen LogP contribution in [0, 0.1) is 12.1 Å². The Morgan fingerprint density at radius 3 is 2.10 bits per heavy atom. The summed E-state index contributed by atoms with van der Waals surface area (Å²) >= 11 is 0. The molecule has 0 aliphatic rings. The van der Waals surface area contributed by atoms with Gasteiger partial charge in [-0.25, -0.2) is 0 Å². The van der Waals surface area contributed by atoms with Gasteiger partial charge in [-0.2, -0.15) is 0 Å². The molecule has 0 N–H and O–H groups in total. The molecule has 0 saturated heterocycles. The van der Waals surface area contributed by atoms with E-state index in [9.17, 15) is 0 Å². The van der Waals surface area contributed by atoms with Crippen LogP contribution in [0.25, 0.3) is 83.6 Å². The maximum atomic E-state index is 8.44. The van der Waals surface area contributed by atoms with Gasteiger partial charge in [0.1, 0.15) is 5.58 Å². The Morgan fingerprint density at radius 2 is 1.37 bits per heavy atom. The average molecular weight is 973 g/mol. The van der Waals surface area contributed by atoms with Gasteiger partial charge >= 0.3 is 0 Å². The molecule has 7 aromatic carbocycles. The van der Waals surface area contributed by atoms with Gasteiger partial charge in [-0.05, 0) is 63.8 Å².